The number of halogens is 1. The number of nitrogens with one attached hydrogen (secondary N) is 1. The Bertz CT molecular complexity index is 641. The quantitative estimate of drug-likeness (QED) is 0.875. The minimum Gasteiger partial charge on any atom is -0.465 e. The number of benzene rings is 2. The highest BCUT2D eigenvalue weighted by Gasteiger charge is 2.12. The Balaban J connectivity index is 2.25. The lowest BCUT2D eigenvalue weighted by molar-refractivity contribution is 0.0600. The topological polar surface area (TPSA) is 55.4 Å². The van der Waals surface area contributed by atoms with E-state index in [1.165, 1.54) is 19.2 Å². The predicted octanol–water partition coefficient (Wildman–Crippen LogP) is 2.86. The highest BCUT2D eigenvalue weighted by Crippen LogP contribution is 2.18. The summed E-state index contributed by atoms with van der Waals surface area (Å²) >= 11 is 0. The van der Waals surface area contributed by atoms with Crippen molar-refractivity contribution in [3.63, 3.8) is 0 Å². The van der Waals surface area contributed by atoms with Crippen LogP contribution in [0.15, 0.2) is 48.5 Å². The standard InChI is InChI=1S/C15H12FNO3/c1-20-15(19)11-7-8-12(16)13(9-11)17-14(18)10-5-3-2-4-6-10/h2-9H,1H3,(H,17,18). The molecule has 2 aromatic rings. The van der Waals surface area contributed by atoms with E-state index in [4.69, 9.17) is 0 Å². The Labute approximate surface area is 115 Å². The number of hydrogen-bond donors (Lipinski definition) is 1. The Hall–Kier alpha value is -2.69. The van der Waals surface area contributed by atoms with Crippen molar-refractivity contribution < 1.29 is 18.7 Å². The van der Waals surface area contributed by atoms with Crippen LogP contribution in [0.5, 0.6) is 0 Å². The van der Waals surface area contributed by atoms with Gasteiger partial charge in [-0.3, -0.25) is 4.79 Å². The first-order valence-electron chi connectivity index (χ1n) is 5.86. The van der Waals surface area contributed by atoms with E-state index in [1.54, 1.807) is 30.3 Å². The Morgan fingerprint density at radius 3 is 2.40 bits per heavy atom. The summed E-state index contributed by atoms with van der Waals surface area (Å²) in [4.78, 5) is 23.3. The minimum absolute atomic E-state index is 0.0678. The van der Waals surface area contributed by atoms with Crippen LogP contribution in [0, 0.1) is 5.82 Å². The predicted molar refractivity (Wildman–Crippen MR) is 72.1 cm³/mol. The van der Waals surface area contributed by atoms with Gasteiger partial charge in [-0.25, -0.2) is 9.18 Å². The normalized spacial score (nSPS) is 9.90. The average Bonchev–Trinajstić information content (AvgIpc) is 2.49. The number of anilines is 1. The molecule has 0 fully saturated rings. The van der Waals surface area contributed by atoms with E-state index >= 15 is 0 Å². The van der Waals surface area contributed by atoms with Crippen LogP contribution >= 0.6 is 0 Å². The van der Waals surface area contributed by atoms with E-state index in [0.29, 0.717) is 5.56 Å². The van der Waals surface area contributed by atoms with Gasteiger partial charge in [0.15, 0.2) is 0 Å². The van der Waals surface area contributed by atoms with Gasteiger partial charge in [0, 0.05) is 5.56 Å². The number of methoxy groups -OCH3 is 1. The summed E-state index contributed by atoms with van der Waals surface area (Å²) in [5, 5.41) is 2.42. The molecule has 0 aliphatic rings. The van der Waals surface area contributed by atoms with Crippen molar-refractivity contribution in [2.45, 2.75) is 0 Å². The molecular formula is C15H12FNO3. The van der Waals surface area contributed by atoms with E-state index in [9.17, 15) is 14.0 Å². The number of esters is 1. The second-order valence-electron chi connectivity index (χ2n) is 4.01. The van der Waals surface area contributed by atoms with Crippen LogP contribution in [0.25, 0.3) is 0 Å². The van der Waals surface area contributed by atoms with Crippen LogP contribution in [0.1, 0.15) is 20.7 Å². The lowest BCUT2D eigenvalue weighted by Gasteiger charge is -2.08. The molecule has 0 radical (unpaired) electrons. The third-order valence-corrected chi connectivity index (χ3v) is 2.67. The third-order valence-electron chi connectivity index (χ3n) is 2.67. The molecule has 20 heavy (non-hydrogen) atoms. The van der Waals surface area contributed by atoms with Crippen molar-refractivity contribution in [2.75, 3.05) is 12.4 Å². The van der Waals surface area contributed by atoms with Crippen molar-refractivity contribution in [2.24, 2.45) is 0 Å². The molecule has 0 saturated heterocycles. The molecule has 4 nitrogen and oxygen atoms in total. The smallest absolute Gasteiger partial charge is 0.337 e. The average molecular weight is 273 g/mol. The fourth-order valence-corrected chi connectivity index (χ4v) is 1.65. The molecule has 0 aliphatic heterocycles. The van der Waals surface area contributed by atoms with Gasteiger partial charge in [-0.1, -0.05) is 18.2 Å². The number of carbonyl (C=O) groups is 2. The Kier molecular flexibility index (Phi) is 4.10. The van der Waals surface area contributed by atoms with Gasteiger partial charge in [0.1, 0.15) is 5.82 Å². The molecule has 1 N–H and O–H groups in total. The Morgan fingerprint density at radius 1 is 1.05 bits per heavy atom. The summed E-state index contributed by atoms with van der Waals surface area (Å²) in [6, 6.07) is 12.0. The SMILES string of the molecule is COC(=O)c1ccc(F)c(NC(=O)c2ccccc2)c1. The number of ether oxygens (including phenoxy) is 1. The zero-order valence-electron chi connectivity index (χ0n) is 10.7. The van der Waals surface area contributed by atoms with E-state index < -0.39 is 17.7 Å². The fraction of sp³-hybridized carbons (Fsp3) is 0.0667. The van der Waals surface area contributed by atoms with Crippen LogP contribution in [0.4, 0.5) is 10.1 Å². The van der Waals surface area contributed by atoms with Crippen molar-refractivity contribution in [3.8, 4) is 0 Å². The number of carbonyl (C=O) groups excluding carboxylic acids is 2. The Morgan fingerprint density at radius 2 is 1.75 bits per heavy atom. The molecule has 2 aromatic carbocycles. The maximum Gasteiger partial charge on any atom is 0.337 e. The summed E-state index contributed by atoms with van der Waals surface area (Å²) in [5.74, 6) is -1.67. The first kappa shape index (κ1) is 13.7. The highest BCUT2D eigenvalue weighted by atomic mass is 19.1. The van der Waals surface area contributed by atoms with Crippen LogP contribution < -0.4 is 5.32 Å². The molecule has 0 saturated carbocycles. The fourth-order valence-electron chi connectivity index (χ4n) is 1.65. The number of amides is 1. The van der Waals surface area contributed by atoms with Crippen LogP contribution in [0.3, 0.4) is 0 Å². The monoisotopic (exact) mass is 273 g/mol. The molecule has 0 aliphatic carbocycles. The van der Waals surface area contributed by atoms with Gasteiger partial charge in [-0.05, 0) is 30.3 Å². The first-order chi connectivity index (χ1) is 9.61. The molecule has 102 valence electrons. The van der Waals surface area contributed by atoms with Gasteiger partial charge in [0.05, 0.1) is 18.4 Å². The molecular weight excluding hydrogens is 261 g/mol. The van der Waals surface area contributed by atoms with Crippen molar-refractivity contribution in [1.82, 2.24) is 0 Å². The minimum atomic E-state index is -0.623. The van der Waals surface area contributed by atoms with Crippen LogP contribution in [-0.2, 0) is 4.74 Å². The van der Waals surface area contributed by atoms with Gasteiger partial charge in [-0.15, -0.1) is 0 Å². The lowest BCUT2D eigenvalue weighted by Crippen LogP contribution is -2.13. The summed E-state index contributed by atoms with van der Waals surface area (Å²) in [5.41, 5.74) is 0.495. The maximum atomic E-state index is 13.6. The zero-order chi connectivity index (χ0) is 14.5. The summed E-state index contributed by atoms with van der Waals surface area (Å²) in [6.07, 6.45) is 0. The number of rotatable bonds is 3. The highest BCUT2D eigenvalue weighted by molar-refractivity contribution is 6.04. The van der Waals surface area contributed by atoms with Crippen molar-refractivity contribution in [3.05, 3.63) is 65.5 Å². The van der Waals surface area contributed by atoms with E-state index in [0.717, 1.165) is 6.07 Å². The summed E-state index contributed by atoms with van der Waals surface area (Å²) in [7, 11) is 1.23. The van der Waals surface area contributed by atoms with Gasteiger partial charge in [0.2, 0.25) is 0 Å². The zero-order valence-corrected chi connectivity index (χ0v) is 10.7. The van der Waals surface area contributed by atoms with Gasteiger partial charge < -0.3 is 10.1 Å². The van der Waals surface area contributed by atoms with Crippen molar-refractivity contribution in [1.29, 1.82) is 0 Å². The first-order valence-corrected chi connectivity index (χ1v) is 5.86. The summed E-state index contributed by atoms with van der Waals surface area (Å²) in [6.45, 7) is 0. The molecule has 5 heteroatoms. The number of hydrogen-bond acceptors (Lipinski definition) is 3. The van der Waals surface area contributed by atoms with E-state index in [-0.39, 0.29) is 11.3 Å². The van der Waals surface area contributed by atoms with Crippen molar-refractivity contribution >= 4 is 17.6 Å². The van der Waals surface area contributed by atoms with Gasteiger partial charge in [-0.2, -0.15) is 0 Å². The van der Waals surface area contributed by atoms with Gasteiger partial charge in [0.25, 0.3) is 5.91 Å². The molecule has 0 atom stereocenters. The second-order valence-corrected chi connectivity index (χ2v) is 4.01. The third kappa shape index (κ3) is 3.00. The molecule has 0 spiro atoms. The van der Waals surface area contributed by atoms with E-state index in [1.807, 2.05) is 0 Å². The van der Waals surface area contributed by atoms with Crippen LogP contribution in [-0.4, -0.2) is 19.0 Å². The van der Waals surface area contributed by atoms with E-state index in [2.05, 4.69) is 10.1 Å². The summed E-state index contributed by atoms with van der Waals surface area (Å²) < 4.78 is 18.2. The van der Waals surface area contributed by atoms with Crippen LogP contribution in [0.2, 0.25) is 0 Å². The second kappa shape index (κ2) is 5.97. The maximum absolute atomic E-state index is 13.6. The molecule has 1 amide bonds. The molecule has 2 rings (SSSR count). The lowest BCUT2D eigenvalue weighted by atomic mass is 10.1. The van der Waals surface area contributed by atoms with Gasteiger partial charge >= 0.3 is 5.97 Å². The molecule has 0 aromatic heterocycles. The largest absolute Gasteiger partial charge is 0.465 e. The molecule has 0 heterocycles. The molecule has 0 unspecified atom stereocenters. The molecule has 0 bridgehead atoms.